The average molecular weight is 299 g/mol. The number of thiazole rings is 1. The van der Waals surface area contributed by atoms with Crippen LogP contribution in [-0.2, 0) is 6.54 Å². The Bertz CT molecular complexity index is 423. The van der Waals surface area contributed by atoms with Crippen LogP contribution in [0.25, 0.3) is 0 Å². The summed E-state index contributed by atoms with van der Waals surface area (Å²) in [5, 5.41) is 14.1. The Kier molecular flexibility index (Phi) is 5.63. The van der Waals surface area contributed by atoms with Crippen LogP contribution in [0, 0.1) is 5.92 Å². The summed E-state index contributed by atoms with van der Waals surface area (Å²) >= 11 is 1.66. The van der Waals surface area contributed by atoms with Crippen molar-refractivity contribution in [2.24, 2.45) is 5.92 Å². The monoisotopic (exact) mass is 299 g/mol. The van der Waals surface area contributed by atoms with E-state index in [1.807, 2.05) is 19.0 Å². The molecule has 5 nitrogen and oxygen atoms in total. The molecule has 6 heteroatoms. The minimum absolute atomic E-state index is 0.103. The molecule has 114 valence electrons. The molecule has 1 fully saturated rings. The van der Waals surface area contributed by atoms with E-state index in [2.05, 4.69) is 10.3 Å². The van der Waals surface area contributed by atoms with Crippen molar-refractivity contribution in [3.63, 3.8) is 0 Å². The molecule has 0 saturated heterocycles. The third kappa shape index (κ3) is 4.07. The second kappa shape index (κ2) is 7.24. The van der Waals surface area contributed by atoms with E-state index in [0.717, 1.165) is 48.2 Å². The molecule has 2 unspecified atom stereocenters. The van der Waals surface area contributed by atoms with Crippen LogP contribution >= 0.6 is 11.3 Å². The third-order valence-electron chi connectivity index (χ3n) is 3.70. The first-order valence-electron chi connectivity index (χ1n) is 7.20. The molecule has 0 aromatic carbocycles. The molecule has 1 heterocycles. The SMILES string of the molecule is COc1nc(N(C)C)sc1CNCC1CCCC(O)C1. The van der Waals surface area contributed by atoms with E-state index in [1.165, 1.54) is 6.42 Å². The lowest BCUT2D eigenvalue weighted by Crippen LogP contribution is -2.28. The van der Waals surface area contributed by atoms with Gasteiger partial charge in [-0.1, -0.05) is 17.8 Å². The van der Waals surface area contributed by atoms with E-state index in [9.17, 15) is 5.11 Å². The second-order valence-corrected chi connectivity index (χ2v) is 6.70. The third-order valence-corrected chi connectivity index (χ3v) is 4.90. The van der Waals surface area contributed by atoms with Crippen molar-refractivity contribution in [2.75, 3.05) is 32.6 Å². The highest BCUT2D eigenvalue weighted by Crippen LogP contribution is 2.30. The lowest BCUT2D eigenvalue weighted by atomic mass is 9.87. The van der Waals surface area contributed by atoms with Crippen LogP contribution in [0.1, 0.15) is 30.6 Å². The summed E-state index contributed by atoms with van der Waals surface area (Å²) in [7, 11) is 5.63. The topological polar surface area (TPSA) is 57.6 Å². The summed E-state index contributed by atoms with van der Waals surface area (Å²) in [6, 6.07) is 0. The molecule has 2 rings (SSSR count). The van der Waals surface area contributed by atoms with Crippen molar-refractivity contribution >= 4 is 16.5 Å². The predicted octanol–water partition coefficient (Wildman–Crippen LogP) is 1.86. The molecule has 0 radical (unpaired) electrons. The first-order chi connectivity index (χ1) is 9.60. The maximum Gasteiger partial charge on any atom is 0.230 e. The van der Waals surface area contributed by atoms with Crippen LogP contribution < -0.4 is 15.0 Å². The van der Waals surface area contributed by atoms with E-state index in [4.69, 9.17) is 4.74 Å². The highest BCUT2D eigenvalue weighted by molar-refractivity contribution is 7.15. The average Bonchev–Trinajstić information content (AvgIpc) is 2.82. The van der Waals surface area contributed by atoms with Crippen molar-refractivity contribution in [2.45, 2.75) is 38.3 Å². The molecule has 1 aliphatic carbocycles. The van der Waals surface area contributed by atoms with Crippen LogP contribution in [0.4, 0.5) is 5.13 Å². The van der Waals surface area contributed by atoms with Gasteiger partial charge in [0, 0.05) is 20.6 Å². The minimum Gasteiger partial charge on any atom is -0.480 e. The number of ether oxygens (including phenoxy) is 1. The lowest BCUT2D eigenvalue weighted by Gasteiger charge is -2.25. The Labute approximate surface area is 125 Å². The normalized spacial score (nSPS) is 22.8. The Morgan fingerprint density at radius 2 is 2.25 bits per heavy atom. The van der Waals surface area contributed by atoms with Crippen LogP contribution in [0.15, 0.2) is 0 Å². The van der Waals surface area contributed by atoms with E-state index < -0.39 is 0 Å². The van der Waals surface area contributed by atoms with Gasteiger partial charge in [-0.3, -0.25) is 0 Å². The summed E-state index contributed by atoms with van der Waals surface area (Å²) in [5.41, 5.74) is 0. The van der Waals surface area contributed by atoms with Gasteiger partial charge in [-0.05, 0) is 31.7 Å². The Hall–Kier alpha value is -0.850. The van der Waals surface area contributed by atoms with E-state index in [-0.39, 0.29) is 6.10 Å². The number of aliphatic hydroxyl groups excluding tert-OH is 1. The fourth-order valence-electron chi connectivity index (χ4n) is 2.63. The number of aromatic nitrogens is 1. The quantitative estimate of drug-likeness (QED) is 0.839. The zero-order chi connectivity index (χ0) is 14.5. The standard InChI is InChI=1S/C14H25N3O2S/c1-17(2)14-16-13(19-3)12(20-14)9-15-8-10-5-4-6-11(18)7-10/h10-11,15,18H,4-9H2,1-3H3. The van der Waals surface area contributed by atoms with Crippen molar-refractivity contribution in [3.8, 4) is 5.88 Å². The van der Waals surface area contributed by atoms with Gasteiger partial charge >= 0.3 is 0 Å². The largest absolute Gasteiger partial charge is 0.480 e. The maximum atomic E-state index is 9.68. The molecular weight excluding hydrogens is 274 g/mol. The fraction of sp³-hybridized carbons (Fsp3) is 0.786. The van der Waals surface area contributed by atoms with Crippen molar-refractivity contribution < 1.29 is 9.84 Å². The van der Waals surface area contributed by atoms with E-state index >= 15 is 0 Å². The van der Waals surface area contributed by atoms with Crippen LogP contribution in [0.2, 0.25) is 0 Å². The van der Waals surface area contributed by atoms with Gasteiger partial charge in [-0.25, -0.2) is 0 Å². The molecule has 2 atom stereocenters. The van der Waals surface area contributed by atoms with Crippen molar-refractivity contribution in [1.29, 1.82) is 0 Å². The molecule has 0 bridgehead atoms. The second-order valence-electron chi connectivity index (χ2n) is 5.64. The molecular formula is C14H25N3O2S. The van der Waals surface area contributed by atoms with E-state index in [0.29, 0.717) is 5.92 Å². The van der Waals surface area contributed by atoms with E-state index in [1.54, 1.807) is 18.4 Å². The van der Waals surface area contributed by atoms with Crippen molar-refractivity contribution in [1.82, 2.24) is 10.3 Å². The van der Waals surface area contributed by atoms with Gasteiger partial charge in [0.1, 0.15) is 0 Å². The molecule has 20 heavy (non-hydrogen) atoms. The molecule has 1 aromatic rings. The zero-order valence-corrected chi connectivity index (χ0v) is 13.4. The van der Waals surface area contributed by atoms with Crippen LogP contribution in [0.5, 0.6) is 5.88 Å². The molecule has 2 N–H and O–H groups in total. The first-order valence-corrected chi connectivity index (χ1v) is 8.01. The summed E-state index contributed by atoms with van der Waals surface area (Å²) < 4.78 is 5.33. The maximum absolute atomic E-state index is 9.68. The van der Waals surface area contributed by atoms with Crippen molar-refractivity contribution in [3.05, 3.63) is 4.88 Å². The number of aliphatic hydroxyl groups is 1. The molecule has 1 aromatic heterocycles. The summed E-state index contributed by atoms with van der Waals surface area (Å²) in [4.78, 5) is 7.57. The van der Waals surface area contributed by atoms with Gasteiger partial charge in [-0.15, -0.1) is 0 Å². The van der Waals surface area contributed by atoms with Crippen LogP contribution in [-0.4, -0.2) is 43.9 Å². The number of nitrogens with one attached hydrogen (secondary N) is 1. The van der Waals surface area contributed by atoms with Gasteiger partial charge in [-0.2, -0.15) is 4.98 Å². The van der Waals surface area contributed by atoms with Gasteiger partial charge in [0.25, 0.3) is 0 Å². The molecule has 0 aliphatic heterocycles. The number of hydrogen-bond donors (Lipinski definition) is 2. The first kappa shape index (κ1) is 15.5. The number of methoxy groups -OCH3 is 1. The van der Waals surface area contributed by atoms with Crippen LogP contribution in [0.3, 0.4) is 0 Å². The molecule has 1 saturated carbocycles. The number of anilines is 1. The molecule has 0 spiro atoms. The number of rotatable bonds is 6. The van der Waals surface area contributed by atoms with Gasteiger partial charge < -0.3 is 20.1 Å². The Balaban J connectivity index is 1.84. The summed E-state index contributed by atoms with van der Waals surface area (Å²) in [5.74, 6) is 1.31. The molecule has 0 amide bonds. The summed E-state index contributed by atoms with van der Waals surface area (Å²) in [6.45, 7) is 1.73. The number of hydrogen-bond acceptors (Lipinski definition) is 6. The fourth-order valence-corrected chi connectivity index (χ4v) is 3.55. The highest BCUT2D eigenvalue weighted by atomic mass is 32.1. The zero-order valence-electron chi connectivity index (χ0n) is 12.6. The highest BCUT2D eigenvalue weighted by Gasteiger charge is 2.20. The smallest absolute Gasteiger partial charge is 0.230 e. The predicted molar refractivity (Wildman–Crippen MR) is 82.7 cm³/mol. The minimum atomic E-state index is -0.103. The lowest BCUT2D eigenvalue weighted by molar-refractivity contribution is 0.101. The Morgan fingerprint density at radius 1 is 1.45 bits per heavy atom. The number of nitrogens with zero attached hydrogens (tertiary/aromatic N) is 2. The Morgan fingerprint density at radius 3 is 2.90 bits per heavy atom. The van der Waals surface area contributed by atoms with Gasteiger partial charge in [0.05, 0.1) is 18.1 Å². The molecule has 1 aliphatic rings. The van der Waals surface area contributed by atoms with Gasteiger partial charge in [0.2, 0.25) is 5.88 Å². The van der Waals surface area contributed by atoms with Gasteiger partial charge in [0.15, 0.2) is 5.13 Å². The summed E-state index contributed by atoms with van der Waals surface area (Å²) in [6.07, 6.45) is 4.14.